The van der Waals surface area contributed by atoms with Gasteiger partial charge in [-0.1, -0.05) is 28.9 Å². The smallest absolute Gasteiger partial charge is 0.318 e. The molecule has 11 nitrogen and oxygen atoms in total. The number of likely N-dealkylation sites (tertiary alicyclic amines) is 1. The van der Waals surface area contributed by atoms with E-state index in [1.54, 1.807) is 25.4 Å². The van der Waals surface area contributed by atoms with Crippen molar-refractivity contribution in [3.05, 3.63) is 82.3 Å². The number of ether oxygens (including phenoxy) is 2. The summed E-state index contributed by atoms with van der Waals surface area (Å²) in [6, 6.07) is 13.1. The summed E-state index contributed by atoms with van der Waals surface area (Å²) in [6.07, 6.45) is 6.77. The van der Waals surface area contributed by atoms with Gasteiger partial charge in [0, 0.05) is 49.6 Å². The van der Waals surface area contributed by atoms with Crippen LogP contribution in [0, 0.1) is 12.7 Å². The minimum Gasteiger partial charge on any atom is -0.467 e. The molecule has 1 spiro atoms. The number of carbonyl (C=O) groups excluding carboxylic acids is 1. The molecule has 1 amide bonds. The van der Waals surface area contributed by atoms with Gasteiger partial charge < -0.3 is 19.3 Å². The highest BCUT2D eigenvalue weighted by molar-refractivity contribution is 7.13. The van der Waals surface area contributed by atoms with E-state index in [-0.39, 0.29) is 23.1 Å². The Labute approximate surface area is 305 Å². The topological polar surface area (TPSA) is 111 Å². The van der Waals surface area contributed by atoms with E-state index >= 15 is 0 Å². The van der Waals surface area contributed by atoms with Crippen molar-refractivity contribution in [2.45, 2.75) is 63.5 Å². The third kappa shape index (κ3) is 6.82. The minimum atomic E-state index is -0.893. The Morgan fingerprint density at radius 2 is 1.98 bits per heavy atom. The standard InChI is InChI=1S/C37H40ClFN8O3S/c1-23-9-10-24(45(4)31-11-15-40-35(42-31)49-5)19-26(23)29-21-47(44-43-29)25-12-18-50-37(20-25)13-16-46(17-14-37)34(48)36(2,3)30-22-51-33(41-30)32-27(38)7-6-8-28(32)39/h6-11,15,19,21-22,25H,12-14,16-18,20H2,1-5H3. The predicted octanol–water partition coefficient (Wildman–Crippen LogP) is 7.43. The Morgan fingerprint density at radius 3 is 2.75 bits per heavy atom. The van der Waals surface area contributed by atoms with E-state index in [1.807, 2.05) is 59.1 Å². The Balaban J connectivity index is 1.02. The lowest BCUT2D eigenvalue weighted by Gasteiger charge is -2.47. The number of hydrogen-bond acceptors (Lipinski definition) is 10. The summed E-state index contributed by atoms with van der Waals surface area (Å²) in [5.41, 5.74) is 3.46. The van der Waals surface area contributed by atoms with Crippen molar-refractivity contribution in [2.75, 3.05) is 38.8 Å². The largest absolute Gasteiger partial charge is 0.467 e. The highest BCUT2D eigenvalue weighted by atomic mass is 35.5. The van der Waals surface area contributed by atoms with E-state index in [0.29, 0.717) is 47.2 Å². The van der Waals surface area contributed by atoms with E-state index in [1.165, 1.54) is 17.4 Å². The van der Waals surface area contributed by atoms with Crippen LogP contribution in [0.4, 0.5) is 15.9 Å². The van der Waals surface area contributed by atoms with Crippen LogP contribution >= 0.6 is 22.9 Å². The molecule has 0 N–H and O–H groups in total. The van der Waals surface area contributed by atoms with Gasteiger partial charge in [0.05, 0.1) is 46.6 Å². The zero-order valence-corrected chi connectivity index (χ0v) is 30.8. The summed E-state index contributed by atoms with van der Waals surface area (Å²) in [5.74, 6) is 0.269. The van der Waals surface area contributed by atoms with Crippen LogP contribution in [0.25, 0.3) is 21.8 Å². The molecule has 2 saturated heterocycles. The second-order valence-corrected chi connectivity index (χ2v) is 15.0. The average Bonchev–Trinajstić information content (AvgIpc) is 3.83. The first-order chi connectivity index (χ1) is 24.5. The van der Waals surface area contributed by atoms with Crippen molar-refractivity contribution in [1.29, 1.82) is 0 Å². The molecule has 1 atom stereocenters. The number of hydrogen-bond donors (Lipinski definition) is 0. The molecule has 51 heavy (non-hydrogen) atoms. The number of aromatic nitrogens is 6. The number of halogens is 2. The fourth-order valence-electron chi connectivity index (χ4n) is 7.00. The van der Waals surface area contributed by atoms with Gasteiger partial charge >= 0.3 is 6.01 Å². The molecule has 3 aromatic heterocycles. The summed E-state index contributed by atoms with van der Waals surface area (Å²) >= 11 is 7.58. The van der Waals surface area contributed by atoms with Gasteiger partial charge in [-0.25, -0.2) is 19.0 Å². The first-order valence-corrected chi connectivity index (χ1v) is 18.2. The number of benzene rings is 2. The quantitative estimate of drug-likeness (QED) is 0.161. The molecule has 2 aromatic carbocycles. The molecule has 2 aliphatic rings. The second kappa shape index (κ2) is 13.9. The minimum absolute atomic E-state index is 0.01000. The molecular formula is C37H40ClFN8O3S. The molecule has 5 heterocycles. The van der Waals surface area contributed by atoms with Crippen molar-refractivity contribution in [3.63, 3.8) is 0 Å². The zero-order chi connectivity index (χ0) is 35.9. The van der Waals surface area contributed by atoms with E-state index in [2.05, 4.69) is 44.3 Å². The number of carbonyl (C=O) groups is 1. The molecule has 0 saturated carbocycles. The molecule has 0 aliphatic carbocycles. The van der Waals surface area contributed by atoms with Crippen molar-refractivity contribution < 1.29 is 18.7 Å². The third-order valence-electron chi connectivity index (χ3n) is 10.2. The first-order valence-electron chi connectivity index (χ1n) is 17.0. The monoisotopic (exact) mass is 730 g/mol. The molecule has 266 valence electrons. The molecule has 1 unspecified atom stereocenters. The normalized spacial score (nSPS) is 17.5. The van der Waals surface area contributed by atoms with Crippen molar-refractivity contribution in [2.24, 2.45) is 0 Å². The number of anilines is 2. The van der Waals surface area contributed by atoms with Gasteiger partial charge in [0.1, 0.15) is 22.3 Å². The summed E-state index contributed by atoms with van der Waals surface area (Å²) in [6.45, 7) is 7.58. The van der Waals surface area contributed by atoms with E-state index in [4.69, 9.17) is 21.1 Å². The Bertz CT molecular complexity index is 2040. The molecule has 0 radical (unpaired) electrons. The molecule has 2 fully saturated rings. The number of amides is 1. The van der Waals surface area contributed by atoms with Crippen molar-refractivity contribution in [3.8, 4) is 27.8 Å². The summed E-state index contributed by atoms with van der Waals surface area (Å²) < 4.78 is 28.2. The Kier molecular flexibility index (Phi) is 9.55. The van der Waals surface area contributed by atoms with Gasteiger partial charge in [-0.3, -0.25) is 4.79 Å². The number of rotatable bonds is 8. The lowest BCUT2D eigenvalue weighted by Crippen LogP contribution is -2.54. The van der Waals surface area contributed by atoms with Gasteiger partial charge in [0.15, 0.2) is 0 Å². The second-order valence-electron chi connectivity index (χ2n) is 13.8. The first kappa shape index (κ1) is 35.0. The van der Waals surface area contributed by atoms with Gasteiger partial charge in [-0.05, 0) is 82.3 Å². The maximum Gasteiger partial charge on any atom is 0.318 e. The maximum atomic E-state index is 14.6. The van der Waals surface area contributed by atoms with Crippen LogP contribution in [0.15, 0.2) is 60.2 Å². The van der Waals surface area contributed by atoms with Gasteiger partial charge in [0.25, 0.3) is 0 Å². The Morgan fingerprint density at radius 1 is 1.18 bits per heavy atom. The van der Waals surface area contributed by atoms with Crippen molar-refractivity contribution in [1.82, 2.24) is 34.8 Å². The third-order valence-corrected chi connectivity index (χ3v) is 11.4. The van der Waals surface area contributed by atoms with Crippen LogP contribution in [-0.4, -0.2) is 80.2 Å². The number of aryl methyl sites for hydroxylation is 1. The van der Waals surface area contributed by atoms with Crippen LogP contribution in [0.1, 0.15) is 56.8 Å². The van der Waals surface area contributed by atoms with E-state index in [9.17, 15) is 9.18 Å². The molecule has 2 aliphatic heterocycles. The Hall–Kier alpha value is -4.46. The molecular weight excluding hydrogens is 691 g/mol. The molecule has 14 heteroatoms. The highest BCUT2D eigenvalue weighted by Crippen LogP contribution is 2.42. The SMILES string of the molecule is COc1nccc(N(C)c2ccc(C)c(-c3cn(C4CCOC5(CCN(C(=O)C(C)(C)c6csc(-c7c(F)cccc7Cl)n6)CC5)C4)nn3)c2)n1. The number of piperidine rings is 1. The molecule has 7 rings (SSSR count). The number of nitrogens with zero attached hydrogens (tertiary/aromatic N) is 8. The van der Waals surface area contributed by atoms with E-state index < -0.39 is 11.2 Å². The maximum absolute atomic E-state index is 14.6. The molecule has 0 bridgehead atoms. The summed E-state index contributed by atoms with van der Waals surface area (Å²) in [5, 5.41) is 11.8. The van der Waals surface area contributed by atoms with Crippen LogP contribution < -0.4 is 9.64 Å². The van der Waals surface area contributed by atoms with Gasteiger partial charge in [-0.2, -0.15) is 4.98 Å². The van der Waals surface area contributed by atoms with Gasteiger partial charge in [0.2, 0.25) is 5.91 Å². The van der Waals surface area contributed by atoms with Crippen LogP contribution in [-0.2, 0) is 14.9 Å². The zero-order valence-electron chi connectivity index (χ0n) is 29.3. The number of thiazole rings is 1. The fourth-order valence-corrected chi connectivity index (χ4v) is 8.35. The van der Waals surface area contributed by atoms with Crippen LogP contribution in [0.3, 0.4) is 0 Å². The predicted molar refractivity (Wildman–Crippen MR) is 195 cm³/mol. The summed E-state index contributed by atoms with van der Waals surface area (Å²) in [4.78, 5) is 31.1. The number of methoxy groups -OCH3 is 1. The summed E-state index contributed by atoms with van der Waals surface area (Å²) in [7, 11) is 3.50. The van der Waals surface area contributed by atoms with Crippen molar-refractivity contribution >= 4 is 40.4 Å². The lowest BCUT2D eigenvalue weighted by molar-refractivity contribution is -0.150. The van der Waals surface area contributed by atoms with Crippen LogP contribution in [0.5, 0.6) is 6.01 Å². The average molecular weight is 731 g/mol. The highest BCUT2D eigenvalue weighted by Gasteiger charge is 2.45. The lowest BCUT2D eigenvalue weighted by atomic mass is 9.81. The fraction of sp³-hybridized carbons (Fsp3) is 0.405. The van der Waals surface area contributed by atoms with Crippen LogP contribution in [0.2, 0.25) is 5.02 Å². The van der Waals surface area contributed by atoms with E-state index in [0.717, 1.165) is 48.2 Å². The van der Waals surface area contributed by atoms with Gasteiger partial charge in [-0.15, -0.1) is 16.4 Å². The molecule has 5 aromatic rings.